The molecule has 0 unspecified atom stereocenters. The van der Waals surface area contributed by atoms with E-state index < -0.39 is 0 Å². The average molecular weight is 529 g/mol. The lowest BCUT2D eigenvalue weighted by atomic mass is 9.92. The lowest BCUT2D eigenvalue weighted by Crippen LogP contribution is -2.27. The molecule has 0 spiro atoms. The Morgan fingerprint density at radius 3 is 2.82 bits per heavy atom. The number of aromatic nitrogens is 1. The molecule has 0 saturated carbocycles. The molecule has 4 rings (SSSR count). The lowest BCUT2D eigenvalue weighted by Gasteiger charge is -2.28. The molecule has 2 heterocycles. The van der Waals surface area contributed by atoms with Crippen LogP contribution < -0.4 is 5.01 Å². The Labute approximate surface area is 232 Å². The summed E-state index contributed by atoms with van der Waals surface area (Å²) in [4.78, 5) is 18.7. The van der Waals surface area contributed by atoms with Crippen LogP contribution in [0.4, 0.5) is 5.82 Å². The van der Waals surface area contributed by atoms with Crippen molar-refractivity contribution < 1.29 is 14.3 Å². The smallest absolute Gasteiger partial charge is 0.208 e. The van der Waals surface area contributed by atoms with Crippen molar-refractivity contribution in [2.45, 2.75) is 66.5 Å². The van der Waals surface area contributed by atoms with Gasteiger partial charge in [-0.05, 0) is 101 Å². The van der Waals surface area contributed by atoms with E-state index in [9.17, 15) is 4.79 Å². The Morgan fingerprint density at radius 2 is 2.05 bits per heavy atom. The number of benzene rings is 1. The van der Waals surface area contributed by atoms with E-state index in [1.807, 2.05) is 25.1 Å². The molecule has 0 bridgehead atoms. The summed E-state index contributed by atoms with van der Waals surface area (Å²) < 4.78 is 12.2. The normalized spacial score (nSPS) is 15.7. The summed E-state index contributed by atoms with van der Waals surface area (Å²) in [5, 5.41) is 5.97. The van der Waals surface area contributed by atoms with Crippen molar-refractivity contribution in [2.24, 2.45) is 5.10 Å². The van der Waals surface area contributed by atoms with Crippen molar-refractivity contribution in [3.63, 3.8) is 0 Å². The summed E-state index contributed by atoms with van der Waals surface area (Å²) in [6.07, 6.45) is 6.93. The predicted octanol–water partition coefficient (Wildman–Crippen LogP) is 6.32. The standard InChI is InChI=1S/C32H40N4O3/c1-7-38-25(5)36(33-18-16-23(3)37)31-13-9-12-30(34-31)29-11-8-10-22(2)32(29)39-21-27-15-14-26-20-35(6)19-17-28(26)24(27)4/h9,11-15,18H,5,7-8,10,16-17,19-21H2,1-4,6H3/b33-18-. The van der Waals surface area contributed by atoms with Crippen molar-refractivity contribution >= 4 is 23.4 Å². The van der Waals surface area contributed by atoms with Crippen molar-refractivity contribution in [1.29, 1.82) is 0 Å². The van der Waals surface area contributed by atoms with Crippen LogP contribution in [-0.4, -0.2) is 42.1 Å². The molecule has 2 aromatic rings. The molecular weight excluding hydrogens is 488 g/mol. The molecule has 0 radical (unpaired) electrons. The molecule has 39 heavy (non-hydrogen) atoms. The molecule has 0 fully saturated rings. The summed E-state index contributed by atoms with van der Waals surface area (Å²) in [6, 6.07) is 10.3. The van der Waals surface area contributed by atoms with Gasteiger partial charge in [-0.3, -0.25) is 4.79 Å². The quantitative estimate of drug-likeness (QED) is 0.193. The van der Waals surface area contributed by atoms with Gasteiger partial charge < -0.3 is 14.4 Å². The third-order valence-electron chi connectivity index (χ3n) is 7.21. The van der Waals surface area contributed by atoms with Gasteiger partial charge >= 0.3 is 0 Å². The minimum absolute atomic E-state index is 0.0266. The number of allylic oxidation sites excluding steroid dienone is 3. The Morgan fingerprint density at radius 1 is 1.23 bits per heavy atom. The molecule has 7 nitrogen and oxygen atoms in total. The Balaban J connectivity index is 1.58. The van der Waals surface area contributed by atoms with Gasteiger partial charge in [0, 0.05) is 31.3 Å². The van der Waals surface area contributed by atoms with Crippen LogP contribution in [-0.2, 0) is 33.8 Å². The van der Waals surface area contributed by atoms with Gasteiger partial charge in [0.05, 0.1) is 12.3 Å². The molecule has 1 aliphatic carbocycles. The maximum absolute atomic E-state index is 11.4. The number of hydrazone groups is 1. The van der Waals surface area contributed by atoms with Gasteiger partial charge in [-0.2, -0.15) is 10.1 Å². The Kier molecular flexibility index (Phi) is 9.36. The maximum Gasteiger partial charge on any atom is 0.208 e. The highest BCUT2D eigenvalue weighted by Crippen LogP contribution is 2.35. The number of nitrogens with zero attached hydrogens (tertiary/aromatic N) is 4. The highest BCUT2D eigenvalue weighted by molar-refractivity contribution is 5.89. The fraction of sp³-hybridized carbons (Fsp3) is 0.406. The fourth-order valence-electron chi connectivity index (χ4n) is 5.05. The number of hydrogen-bond donors (Lipinski definition) is 0. The summed E-state index contributed by atoms with van der Waals surface area (Å²) in [5.41, 5.74) is 8.44. The largest absolute Gasteiger partial charge is 0.488 e. The van der Waals surface area contributed by atoms with Crippen molar-refractivity contribution in [3.8, 4) is 0 Å². The first-order chi connectivity index (χ1) is 18.8. The SMILES string of the molecule is C=C(OCC)N(/N=C\CC(C)=O)c1cccc(C2=CCCC(C)=C2OCc2ccc3c(c2C)CCN(C)C3)n1. The summed E-state index contributed by atoms with van der Waals surface area (Å²) >= 11 is 0. The first kappa shape index (κ1) is 28.3. The number of Topliss-reactive ketones (excluding diaryl/α,β-unsaturated/α-hetero) is 1. The Hall–Kier alpha value is -3.71. The van der Waals surface area contributed by atoms with Crippen LogP contribution >= 0.6 is 0 Å². The predicted molar refractivity (Wildman–Crippen MR) is 157 cm³/mol. The maximum atomic E-state index is 11.4. The minimum Gasteiger partial charge on any atom is -0.488 e. The molecule has 0 amide bonds. The summed E-state index contributed by atoms with van der Waals surface area (Å²) in [5.74, 6) is 1.82. The monoisotopic (exact) mass is 528 g/mol. The van der Waals surface area contributed by atoms with E-state index in [-0.39, 0.29) is 12.2 Å². The zero-order chi connectivity index (χ0) is 27.9. The number of anilines is 1. The van der Waals surface area contributed by atoms with E-state index in [2.05, 4.69) is 55.7 Å². The number of rotatable bonds is 11. The Bertz CT molecular complexity index is 1320. The van der Waals surface area contributed by atoms with Crippen LogP contribution in [0.3, 0.4) is 0 Å². The molecule has 7 heteroatoms. The van der Waals surface area contributed by atoms with Crippen molar-refractivity contribution in [3.05, 3.63) is 88.1 Å². The van der Waals surface area contributed by atoms with Crippen molar-refractivity contribution in [2.75, 3.05) is 25.2 Å². The number of pyridine rings is 1. The van der Waals surface area contributed by atoms with E-state index in [0.29, 0.717) is 24.9 Å². The number of carbonyl (C=O) groups is 1. The molecule has 0 atom stereocenters. The molecule has 2 aliphatic rings. The first-order valence-electron chi connectivity index (χ1n) is 13.7. The lowest BCUT2D eigenvalue weighted by molar-refractivity contribution is -0.115. The minimum atomic E-state index is 0.0266. The second-order valence-corrected chi connectivity index (χ2v) is 10.3. The van der Waals surface area contributed by atoms with Gasteiger partial charge in [-0.25, -0.2) is 4.98 Å². The van der Waals surface area contributed by atoms with Gasteiger partial charge in [0.15, 0.2) is 5.82 Å². The number of fused-ring (bicyclic) bond motifs is 1. The van der Waals surface area contributed by atoms with Gasteiger partial charge in [0.1, 0.15) is 18.1 Å². The number of ether oxygens (including phenoxy) is 2. The van der Waals surface area contributed by atoms with Gasteiger partial charge in [0.2, 0.25) is 5.88 Å². The van der Waals surface area contributed by atoms with Crippen LogP contribution in [0.5, 0.6) is 0 Å². The van der Waals surface area contributed by atoms with E-state index in [0.717, 1.165) is 49.4 Å². The molecule has 206 valence electrons. The van der Waals surface area contributed by atoms with Crippen LogP contribution in [0, 0.1) is 6.92 Å². The highest BCUT2D eigenvalue weighted by Gasteiger charge is 2.22. The first-order valence-corrected chi connectivity index (χ1v) is 13.7. The number of ketones is 1. The second-order valence-electron chi connectivity index (χ2n) is 10.3. The fourth-order valence-corrected chi connectivity index (χ4v) is 5.05. The van der Waals surface area contributed by atoms with E-state index >= 15 is 0 Å². The number of carbonyl (C=O) groups excluding carboxylic acids is 1. The molecule has 0 N–H and O–H groups in total. The summed E-state index contributed by atoms with van der Waals surface area (Å²) in [6.45, 7) is 14.8. The third-order valence-corrected chi connectivity index (χ3v) is 7.21. The van der Waals surface area contributed by atoms with Crippen LogP contribution in [0.2, 0.25) is 0 Å². The van der Waals surface area contributed by atoms with Crippen LogP contribution in [0.1, 0.15) is 68.0 Å². The zero-order valence-electron chi connectivity index (χ0n) is 23.9. The highest BCUT2D eigenvalue weighted by atomic mass is 16.5. The van der Waals surface area contributed by atoms with Crippen molar-refractivity contribution in [1.82, 2.24) is 9.88 Å². The zero-order valence-corrected chi connectivity index (χ0v) is 23.9. The van der Waals surface area contributed by atoms with E-state index in [1.54, 1.807) is 6.21 Å². The second kappa shape index (κ2) is 12.9. The van der Waals surface area contributed by atoms with Gasteiger partial charge in [-0.15, -0.1) is 0 Å². The van der Waals surface area contributed by atoms with Gasteiger partial charge in [0.25, 0.3) is 0 Å². The molecule has 1 aromatic carbocycles. The van der Waals surface area contributed by atoms with E-state index in [1.165, 1.54) is 39.8 Å². The molecular formula is C32H40N4O3. The molecule has 1 aromatic heterocycles. The van der Waals surface area contributed by atoms with Crippen LogP contribution in [0.15, 0.2) is 65.3 Å². The summed E-state index contributed by atoms with van der Waals surface area (Å²) in [7, 11) is 2.18. The average Bonchev–Trinajstić information content (AvgIpc) is 2.91. The van der Waals surface area contributed by atoms with Gasteiger partial charge in [-0.1, -0.05) is 24.3 Å². The third kappa shape index (κ3) is 6.84. The van der Waals surface area contributed by atoms with E-state index in [4.69, 9.17) is 14.5 Å². The van der Waals surface area contributed by atoms with Crippen LogP contribution in [0.25, 0.3) is 5.57 Å². The molecule has 0 saturated heterocycles. The topological polar surface area (TPSA) is 67.3 Å². The number of likely N-dealkylation sites (N-methyl/N-ethyl adjacent to an activating group) is 1. The molecule has 1 aliphatic heterocycles. The number of hydrogen-bond acceptors (Lipinski definition) is 7.